The van der Waals surface area contributed by atoms with Crippen molar-refractivity contribution in [1.82, 2.24) is 24.1 Å². The molecule has 150 valence electrons. The summed E-state index contributed by atoms with van der Waals surface area (Å²) >= 11 is 6.43. The van der Waals surface area contributed by atoms with E-state index in [0.29, 0.717) is 53.9 Å². The molecule has 29 heavy (non-hydrogen) atoms. The summed E-state index contributed by atoms with van der Waals surface area (Å²) in [5.74, 6) is 0.882. The molecular formula is C19H18ClN5O4. The Labute approximate surface area is 169 Å². The fraction of sp³-hybridized carbons (Fsp3) is 0.368. The van der Waals surface area contributed by atoms with Crippen molar-refractivity contribution in [2.45, 2.75) is 18.9 Å². The normalized spacial score (nSPS) is 17.0. The number of methoxy groups -OCH3 is 1. The smallest absolute Gasteiger partial charge is 0.278 e. The first-order chi connectivity index (χ1) is 14.2. The molecule has 1 aromatic carbocycles. The molecule has 1 saturated heterocycles. The summed E-state index contributed by atoms with van der Waals surface area (Å²) < 4.78 is 19.3. The molecule has 0 amide bonds. The van der Waals surface area contributed by atoms with Crippen LogP contribution in [-0.4, -0.2) is 51.0 Å². The average Bonchev–Trinajstić information content (AvgIpc) is 3.47. The van der Waals surface area contributed by atoms with Gasteiger partial charge in [0.1, 0.15) is 11.8 Å². The number of imidazole rings is 1. The van der Waals surface area contributed by atoms with Gasteiger partial charge in [-0.2, -0.15) is 4.98 Å². The summed E-state index contributed by atoms with van der Waals surface area (Å²) in [5, 5.41) is 4.55. The predicted molar refractivity (Wildman–Crippen MR) is 105 cm³/mol. The maximum absolute atomic E-state index is 13.4. The minimum Gasteiger partial charge on any atom is -0.383 e. The summed E-state index contributed by atoms with van der Waals surface area (Å²) in [7, 11) is 1.59. The second-order valence-electron chi connectivity index (χ2n) is 6.89. The number of aromatic nitrogens is 5. The lowest BCUT2D eigenvalue weighted by Crippen LogP contribution is -2.25. The van der Waals surface area contributed by atoms with Crippen LogP contribution in [0.3, 0.4) is 0 Å². The molecule has 1 fully saturated rings. The number of para-hydroxylation sites is 1. The molecule has 0 aliphatic carbocycles. The lowest BCUT2D eigenvalue weighted by molar-refractivity contribution is 0.187. The van der Waals surface area contributed by atoms with Crippen molar-refractivity contribution in [3.8, 4) is 11.6 Å². The van der Waals surface area contributed by atoms with E-state index in [4.69, 9.17) is 25.6 Å². The molecular weight excluding hydrogens is 398 g/mol. The van der Waals surface area contributed by atoms with Gasteiger partial charge < -0.3 is 18.6 Å². The van der Waals surface area contributed by atoms with Gasteiger partial charge in [-0.3, -0.25) is 9.20 Å². The number of hydrogen-bond donors (Lipinski definition) is 0. The Kier molecular flexibility index (Phi) is 4.57. The van der Waals surface area contributed by atoms with Gasteiger partial charge in [-0.1, -0.05) is 22.8 Å². The van der Waals surface area contributed by atoms with Crippen LogP contribution in [0.2, 0.25) is 5.02 Å². The van der Waals surface area contributed by atoms with Gasteiger partial charge in [0.15, 0.2) is 11.5 Å². The molecule has 5 rings (SSSR count). The fourth-order valence-corrected chi connectivity index (χ4v) is 3.99. The number of ether oxygens (including phenoxy) is 2. The maximum Gasteiger partial charge on any atom is 0.278 e. The minimum atomic E-state index is -0.251. The number of benzene rings is 1. The number of halogens is 1. The molecule has 0 saturated carbocycles. The second kappa shape index (κ2) is 7.25. The van der Waals surface area contributed by atoms with Crippen LogP contribution in [0.1, 0.15) is 18.2 Å². The van der Waals surface area contributed by atoms with Crippen LogP contribution in [0, 0.1) is 0 Å². The molecule has 3 aromatic heterocycles. The highest BCUT2D eigenvalue weighted by atomic mass is 35.5. The van der Waals surface area contributed by atoms with Crippen molar-refractivity contribution in [2.24, 2.45) is 0 Å². The average molecular weight is 416 g/mol. The van der Waals surface area contributed by atoms with Gasteiger partial charge in [-0.25, -0.2) is 4.98 Å². The first kappa shape index (κ1) is 18.3. The van der Waals surface area contributed by atoms with Crippen molar-refractivity contribution >= 4 is 28.2 Å². The van der Waals surface area contributed by atoms with Crippen molar-refractivity contribution in [2.75, 3.05) is 26.9 Å². The zero-order valence-corrected chi connectivity index (χ0v) is 16.4. The van der Waals surface area contributed by atoms with Crippen LogP contribution >= 0.6 is 11.6 Å². The van der Waals surface area contributed by atoms with Crippen LogP contribution in [0.4, 0.5) is 0 Å². The van der Waals surface area contributed by atoms with Gasteiger partial charge in [0.25, 0.3) is 11.4 Å². The van der Waals surface area contributed by atoms with E-state index in [1.165, 1.54) is 0 Å². The zero-order valence-electron chi connectivity index (χ0n) is 15.7. The number of rotatable bonds is 5. The van der Waals surface area contributed by atoms with E-state index in [0.717, 1.165) is 11.9 Å². The Balaban J connectivity index is 1.73. The molecule has 0 N–H and O–H groups in total. The van der Waals surface area contributed by atoms with Gasteiger partial charge in [-0.05, 0) is 18.6 Å². The molecule has 0 bridgehead atoms. The lowest BCUT2D eigenvalue weighted by Gasteiger charge is -2.13. The van der Waals surface area contributed by atoms with Crippen molar-refractivity contribution in [1.29, 1.82) is 0 Å². The molecule has 0 spiro atoms. The third-order valence-electron chi connectivity index (χ3n) is 5.17. The van der Waals surface area contributed by atoms with Crippen molar-refractivity contribution in [3.05, 3.63) is 45.7 Å². The summed E-state index contributed by atoms with van der Waals surface area (Å²) in [6.45, 7) is 1.96. The lowest BCUT2D eigenvalue weighted by atomic mass is 10.1. The second-order valence-corrected chi connectivity index (χ2v) is 7.29. The Morgan fingerprint density at radius 2 is 2.24 bits per heavy atom. The molecule has 1 aliphatic rings. The largest absolute Gasteiger partial charge is 0.383 e. The van der Waals surface area contributed by atoms with Gasteiger partial charge in [-0.15, -0.1) is 0 Å². The highest BCUT2D eigenvalue weighted by Crippen LogP contribution is 2.29. The predicted octanol–water partition coefficient (Wildman–Crippen LogP) is 2.50. The SMILES string of the molecule is COCCn1c(=O)c2c(-c3nc(C4CCOC4)no3)ncn2c2cccc(Cl)c21. The summed E-state index contributed by atoms with van der Waals surface area (Å²) in [5.41, 5.74) is 1.83. The van der Waals surface area contributed by atoms with Crippen LogP contribution < -0.4 is 5.56 Å². The van der Waals surface area contributed by atoms with E-state index in [2.05, 4.69) is 15.1 Å². The monoisotopic (exact) mass is 415 g/mol. The molecule has 10 heteroatoms. The Hall–Kier alpha value is -2.75. The van der Waals surface area contributed by atoms with E-state index in [1.807, 2.05) is 12.1 Å². The van der Waals surface area contributed by atoms with E-state index in [-0.39, 0.29) is 17.4 Å². The van der Waals surface area contributed by atoms with Crippen molar-refractivity contribution < 1.29 is 14.0 Å². The highest BCUT2D eigenvalue weighted by Gasteiger charge is 2.26. The quantitative estimate of drug-likeness (QED) is 0.494. The topological polar surface area (TPSA) is 96.7 Å². The first-order valence-corrected chi connectivity index (χ1v) is 9.65. The Bertz CT molecular complexity index is 1250. The van der Waals surface area contributed by atoms with Crippen LogP contribution in [0.5, 0.6) is 0 Å². The molecule has 1 atom stereocenters. The van der Waals surface area contributed by atoms with E-state index in [9.17, 15) is 4.79 Å². The summed E-state index contributed by atoms with van der Waals surface area (Å²) in [6, 6.07) is 5.47. The molecule has 1 unspecified atom stereocenters. The number of hydrogen-bond acceptors (Lipinski definition) is 7. The molecule has 4 heterocycles. The summed E-state index contributed by atoms with van der Waals surface area (Å²) in [4.78, 5) is 22.3. The van der Waals surface area contributed by atoms with Gasteiger partial charge >= 0.3 is 0 Å². The fourth-order valence-electron chi connectivity index (χ4n) is 3.72. The molecule has 1 aliphatic heterocycles. The van der Waals surface area contributed by atoms with E-state index >= 15 is 0 Å². The molecule has 9 nitrogen and oxygen atoms in total. The zero-order chi connectivity index (χ0) is 20.0. The van der Waals surface area contributed by atoms with E-state index < -0.39 is 0 Å². The molecule has 0 radical (unpaired) electrons. The van der Waals surface area contributed by atoms with Crippen LogP contribution in [0.25, 0.3) is 28.1 Å². The van der Waals surface area contributed by atoms with Gasteiger partial charge in [0.2, 0.25) is 0 Å². The van der Waals surface area contributed by atoms with E-state index in [1.54, 1.807) is 28.5 Å². The van der Waals surface area contributed by atoms with Gasteiger partial charge in [0.05, 0.1) is 29.3 Å². The first-order valence-electron chi connectivity index (χ1n) is 9.27. The third-order valence-corrected chi connectivity index (χ3v) is 5.47. The van der Waals surface area contributed by atoms with Gasteiger partial charge in [0, 0.05) is 26.2 Å². The van der Waals surface area contributed by atoms with Crippen LogP contribution in [0.15, 0.2) is 33.8 Å². The third kappa shape index (κ3) is 2.93. The standard InChI is InChI=1S/C19H18ClN5O4/c1-27-8-6-24-15-12(20)3-2-4-13(15)25-10-21-14(16(25)19(24)26)18-22-17(23-29-18)11-5-7-28-9-11/h2-4,10-11H,5-9H2,1H3. The highest BCUT2D eigenvalue weighted by molar-refractivity contribution is 6.35. The Morgan fingerprint density at radius 1 is 1.34 bits per heavy atom. The Morgan fingerprint density at radius 3 is 3.03 bits per heavy atom. The maximum atomic E-state index is 13.4. The summed E-state index contributed by atoms with van der Waals surface area (Å²) in [6.07, 6.45) is 2.42. The van der Waals surface area contributed by atoms with Crippen LogP contribution in [-0.2, 0) is 16.0 Å². The van der Waals surface area contributed by atoms with Crippen molar-refractivity contribution in [3.63, 3.8) is 0 Å². The number of fused-ring (bicyclic) bond motifs is 3. The number of nitrogens with zero attached hydrogens (tertiary/aromatic N) is 5. The molecule has 4 aromatic rings. The minimum absolute atomic E-state index is 0.0966.